The van der Waals surface area contributed by atoms with E-state index in [2.05, 4.69) is 5.32 Å². The lowest BCUT2D eigenvalue weighted by Crippen LogP contribution is -2.15. The number of hydrogen-bond donors (Lipinski definition) is 2. The number of rotatable bonds is 6. The molecule has 0 unspecified atom stereocenters. The van der Waals surface area contributed by atoms with E-state index in [1.165, 1.54) is 20.3 Å². The molecule has 30 heavy (non-hydrogen) atoms. The van der Waals surface area contributed by atoms with Crippen LogP contribution in [0, 0.1) is 0 Å². The summed E-state index contributed by atoms with van der Waals surface area (Å²) in [5.41, 5.74) is 0.920. The molecule has 0 saturated carbocycles. The Morgan fingerprint density at radius 2 is 1.77 bits per heavy atom. The van der Waals surface area contributed by atoms with Gasteiger partial charge in [0, 0.05) is 17.0 Å². The lowest BCUT2D eigenvalue weighted by Gasteiger charge is -2.12. The summed E-state index contributed by atoms with van der Waals surface area (Å²) in [6.07, 6.45) is 0. The normalized spacial score (nSPS) is 10.6. The maximum Gasteiger partial charge on any atom is 0.339 e. The Hall–Kier alpha value is -2.45. The fraction of sp³-hybridized carbons (Fsp3) is 0.100. The molecule has 0 spiro atoms. The van der Waals surface area contributed by atoms with Gasteiger partial charge in [-0.15, -0.1) is 11.3 Å². The van der Waals surface area contributed by atoms with Crippen LogP contribution in [0.15, 0.2) is 35.7 Å². The van der Waals surface area contributed by atoms with Crippen LogP contribution in [0.1, 0.15) is 20.7 Å². The van der Waals surface area contributed by atoms with Crippen molar-refractivity contribution in [2.45, 2.75) is 0 Å². The van der Waals surface area contributed by atoms with Crippen LogP contribution in [0.3, 0.4) is 0 Å². The third-order valence-electron chi connectivity index (χ3n) is 4.18. The van der Waals surface area contributed by atoms with Crippen molar-refractivity contribution in [1.82, 2.24) is 0 Å². The summed E-state index contributed by atoms with van der Waals surface area (Å²) in [4.78, 5) is 24.8. The Morgan fingerprint density at radius 3 is 2.40 bits per heavy atom. The molecule has 0 fully saturated rings. The molecule has 2 aromatic carbocycles. The molecule has 0 aliphatic heterocycles. The van der Waals surface area contributed by atoms with E-state index >= 15 is 0 Å². The van der Waals surface area contributed by atoms with Crippen LogP contribution in [0.4, 0.5) is 5.00 Å². The predicted octanol–water partition coefficient (Wildman–Crippen LogP) is 6.34. The van der Waals surface area contributed by atoms with E-state index in [1.54, 1.807) is 29.6 Å². The number of carbonyl (C=O) groups is 2. The van der Waals surface area contributed by atoms with Crippen molar-refractivity contribution in [2.75, 3.05) is 19.5 Å². The fourth-order valence-electron chi connectivity index (χ4n) is 2.76. The quantitative estimate of drug-likeness (QED) is 0.397. The number of aromatic carboxylic acids is 1. The summed E-state index contributed by atoms with van der Waals surface area (Å²) in [6.45, 7) is 0. The van der Waals surface area contributed by atoms with Gasteiger partial charge in [-0.1, -0.05) is 46.9 Å². The molecular weight excluding hydrogens is 473 g/mol. The van der Waals surface area contributed by atoms with Gasteiger partial charge in [0.1, 0.15) is 27.1 Å². The van der Waals surface area contributed by atoms with Crippen molar-refractivity contribution in [2.24, 2.45) is 0 Å². The molecular formula is C20H14Cl3NO5S. The second kappa shape index (κ2) is 9.14. The number of nitrogens with one attached hydrogen (secondary N) is 1. The lowest BCUT2D eigenvalue weighted by atomic mass is 10.0. The third kappa shape index (κ3) is 4.20. The van der Waals surface area contributed by atoms with Gasteiger partial charge in [0.25, 0.3) is 5.91 Å². The van der Waals surface area contributed by atoms with Gasteiger partial charge in [-0.3, -0.25) is 4.79 Å². The highest BCUT2D eigenvalue weighted by Gasteiger charge is 2.25. The zero-order valence-corrected chi connectivity index (χ0v) is 18.7. The Kier molecular flexibility index (Phi) is 6.77. The van der Waals surface area contributed by atoms with Crippen molar-refractivity contribution in [1.29, 1.82) is 0 Å². The third-order valence-corrected chi connectivity index (χ3v) is 6.23. The smallest absolute Gasteiger partial charge is 0.339 e. The first-order valence-electron chi connectivity index (χ1n) is 8.30. The largest absolute Gasteiger partial charge is 0.497 e. The molecule has 0 aliphatic carbocycles. The van der Waals surface area contributed by atoms with E-state index in [-0.39, 0.29) is 36.9 Å². The summed E-state index contributed by atoms with van der Waals surface area (Å²) < 4.78 is 10.3. The Labute approximate surface area is 190 Å². The number of hydrogen-bond acceptors (Lipinski definition) is 5. The summed E-state index contributed by atoms with van der Waals surface area (Å²) in [5, 5.41) is 14.0. The van der Waals surface area contributed by atoms with Gasteiger partial charge in [-0.05, 0) is 17.7 Å². The Morgan fingerprint density at radius 1 is 1.03 bits per heavy atom. The van der Waals surface area contributed by atoms with Gasteiger partial charge in [-0.2, -0.15) is 0 Å². The highest BCUT2D eigenvalue weighted by Crippen LogP contribution is 2.41. The number of thiophene rings is 1. The first kappa shape index (κ1) is 22.2. The molecule has 10 heteroatoms. The number of carboxylic acids is 1. The maximum absolute atomic E-state index is 12.8. The van der Waals surface area contributed by atoms with Crippen LogP contribution in [-0.2, 0) is 0 Å². The number of halogens is 3. The molecule has 3 aromatic rings. The standard InChI is InChI=1S/C20H14Cl3NO5S/c1-28-10-5-3-4-9(6-10)11-8-30-19(14(11)20(26)27)24-18(25)15-12(21)7-13(29-2)16(22)17(15)23/h3-8H,1-2H3,(H,24,25)(H,26,27). The average Bonchev–Trinajstić information content (AvgIpc) is 3.14. The zero-order chi connectivity index (χ0) is 22.0. The SMILES string of the molecule is COc1cccc(-c2csc(NC(=O)c3c(Cl)cc(OC)c(Cl)c3Cl)c2C(=O)O)c1. The van der Waals surface area contributed by atoms with Crippen molar-refractivity contribution in [3.63, 3.8) is 0 Å². The van der Waals surface area contributed by atoms with Crippen molar-refractivity contribution < 1.29 is 24.2 Å². The lowest BCUT2D eigenvalue weighted by molar-refractivity contribution is 0.0699. The molecule has 3 rings (SSSR count). The molecule has 2 N–H and O–H groups in total. The van der Waals surface area contributed by atoms with E-state index < -0.39 is 11.9 Å². The van der Waals surface area contributed by atoms with E-state index in [1.807, 2.05) is 0 Å². The van der Waals surface area contributed by atoms with Crippen molar-refractivity contribution in [3.05, 3.63) is 61.9 Å². The fourth-order valence-corrected chi connectivity index (χ4v) is 4.55. The second-order valence-corrected chi connectivity index (χ2v) is 7.95. The number of carbonyl (C=O) groups excluding carboxylic acids is 1. The number of methoxy groups -OCH3 is 2. The summed E-state index contributed by atoms with van der Waals surface area (Å²) in [7, 11) is 2.91. The molecule has 0 bridgehead atoms. The number of benzene rings is 2. The minimum absolute atomic E-state index is 0.0141. The average molecular weight is 487 g/mol. The van der Waals surface area contributed by atoms with Gasteiger partial charge >= 0.3 is 5.97 Å². The van der Waals surface area contributed by atoms with Crippen LogP contribution < -0.4 is 14.8 Å². The van der Waals surface area contributed by atoms with Gasteiger partial charge in [0.05, 0.1) is 29.8 Å². The molecule has 0 saturated heterocycles. The minimum atomic E-state index is -1.20. The Balaban J connectivity index is 2.02. The van der Waals surface area contributed by atoms with E-state index in [0.29, 0.717) is 16.9 Å². The van der Waals surface area contributed by atoms with E-state index in [0.717, 1.165) is 11.3 Å². The first-order valence-corrected chi connectivity index (χ1v) is 10.3. The number of ether oxygens (including phenoxy) is 2. The van der Waals surface area contributed by atoms with Crippen LogP contribution in [-0.4, -0.2) is 31.2 Å². The van der Waals surface area contributed by atoms with Crippen LogP contribution in [0.2, 0.25) is 15.1 Å². The van der Waals surface area contributed by atoms with E-state index in [9.17, 15) is 14.7 Å². The predicted molar refractivity (Wildman–Crippen MR) is 119 cm³/mol. The van der Waals surface area contributed by atoms with Crippen molar-refractivity contribution >= 4 is 63.0 Å². The molecule has 1 heterocycles. The van der Waals surface area contributed by atoms with Gasteiger partial charge in [0.2, 0.25) is 0 Å². The molecule has 1 aromatic heterocycles. The Bertz CT molecular complexity index is 1150. The molecule has 0 atom stereocenters. The molecule has 156 valence electrons. The van der Waals surface area contributed by atoms with Crippen LogP contribution in [0.5, 0.6) is 11.5 Å². The number of carboxylic acid groups (broad SMARTS) is 1. The van der Waals surface area contributed by atoms with Gasteiger partial charge in [0.15, 0.2) is 0 Å². The van der Waals surface area contributed by atoms with Crippen molar-refractivity contribution in [3.8, 4) is 22.6 Å². The highest BCUT2D eigenvalue weighted by molar-refractivity contribution is 7.15. The zero-order valence-electron chi connectivity index (χ0n) is 15.6. The topological polar surface area (TPSA) is 84.9 Å². The first-order chi connectivity index (χ1) is 14.3. The van der Waals surface area contributed by atoms with Crippen LogP contribution >= 0.6 is 46.1 Å². The molecule has 1 amide bonds. The van der Waals surface area contributed by atoms with Gasteiger partial charge < -0.3 is 19.9 Å². The number of amides is 1. The molecule has 0 aliphatic rings. The van der Waals surface area contributed by atoms with E-state index in [4.69, 9.17) is 44.3 Å². The summed E-state index contributed by atoms with van der Waals surface area (Å²) in [6, 6.07) is 8.31. The minimum Gasteiger partial charge on any atom is -0.497 e. The van der Waals surface area contributed by atoms with Gasteiger partial charge in [-0.25, -0.2) is 4.79 Å². The second-order valence-electron chi connectivity index (χ2n) is 5.91. The molecule has 6 nitrogen and oxygen atoms in total. The monoisotopic (exact) mass is 485 g/mol. The number of anilines is 1. The van der Waals surface area contributed by atoms with Crippen LogP contribution in [0.25, 0.3) is 11.1 Å². The maximum atomic E-state index is 12.8. The molecule has 0 radical (unpaired) electrons. The summed E-state index contributed by atoms with van der Waals surface area (Å²) >= 11 is 19.5. The summed E-state index contributed by atoms with van der Waals surface area (Å²) in [5.74, 6) is -1.11. The highest BCUT2D eigenvalue weighted by atomic mass is 35.5.